The van der Waals surface area contributed by atoms with Gasteiger partial charge in [0.25, 0.3) is 0 Å². The lowest BCUT2D eigenvalue weighted by Crippen LogP contribution is -2.13. The maximum absolute atomic E-state index is 11.6. The standard InChI is InChI=1S/C14H16N2O/c1-10-9-13(16-14(17)12-4-5-12)7-6-11(10)3-2-8-15/h6-7,9,12H,4-5,8,15H2,1H3,(H,16,17). The number of nitrogens with two attached hydrogens (primary N) is 1. The molecule has 0 spiro atoms. The minimum atomic E-state index is 0.130. The zero-order valence-corrected chi connectivity index (χ0v) is 9.92. The van der Waals surface area contributed by atoms with Crippen molar-refractivity contribution in [2.24, 2.45) is 11.7 Å². The van der Waals surface area contributed by atoms with Crippen LogP contribution < -0.4 is 11.1 Å². The van der Waals surface area contributed by atoms with Crippen molar-refractivity contribution < 1.29 is 4.79 Å². The number of carbonyl (C=O) groups is 1. The van der Waals surface area contributed by atoms with E-state index in [1.165, 1.54) is 0 Å². The summed E-state index contributed by atoms with van der Waals surface area (Å²) in [5.74, 6) is 6.18. The van der Waals surface area contributed by atoms with E-state index in [9.17, 15) is 4.79 Å². The highest BCUT2D eigenvalue weighted by Gasteiger charge is 2.29. The molecule has 0 atom stereocenters. The van der Waals surface area contributed by atoms with Crippen LogP contribution in [0.15, 0.2) is 18.2 Å². The summed E-state index contributed by atoms with van der Waals surface area (Å²) in [5, 5.41) is 2.92. The monoisotopic (exact) mass is 228 g/mol. The zero-order chi connectivity index (χ0) is 12.3. The lowest BCUT2D eigenvalue weighted by Gasteiger charge is -2.06. The van der Waals surface area contributed by atoms with Crippen LogP contribution in [0.25, 0.3) is 0 Å². The molecule has 0 unspecified atom stereocenters. The highest BCUT2D eigenvalue weighted by molar-refractivity contribution is 5.94. The molecule has 0 aromatic heterocycles. The number of benzene rings is 1. The predicted octanol–water partition coefficient (Wildman–Crippen LogP) is 1.65. The Kier molecular flexibility index (Phi) is 3.46. The van der Waals surface area contributed by atoms with E-state index < -0.39 is 0 Å². The van der Waals surface area contributed by atoms with E-state index >= 15 is 0 Å². The maximum Gasteiger partial charge on any atom is 0.227 e. The molecule has 3 heteroatoms. The van der Waals surface area contributed by atoms with Crippen molar-refractivity contribution in [2.75, 3.05) is 11.9 Å². The first-order valence-electron chi connectivity index (χ1n) is 5.81. The van der Waals surface area contributed by atoms with Crippen LogP contribution >= 0.6 is 0 Å². The van der Waals surface area contributed by atoms with Crippen LogP contribution in [0, 0.1) is 24.7 Å². The lowest BCUT2D eigenvalue weighted by molar-refractivity contribution is -0.117. The van der Waals surface area contributed by atoms with Gasteiger partial charge in [0.1, 0.15) is 0 Å². The van der Waals surface area contributed by atoms with Crippen molar-refractivity contribution in [2.45, 2.75) is 19.8 Å². The van der Waals surface area contributed by atoms with Crippen LogP contribution in [0.5, 0.6) is 0 Å². The second-order valence-electron chi connectivity index (χ2n) is 4.30. The van der Waals surface area contributed by atoms with Gasteiger partial charge in [0.15, 0.2) is 0 Å². The molecule has 2 rings (SSSR count). The van der Waals surface area contributed by atoms with Gasteiger partial charge in [-0.25, -0.2) is 0 Å². The summed E-state index contributed by atoms with van der Waals surface area (Å²) >= 11 is 0. The fourth-order valence-corrected chi connectivity index (χ4v) is 1.62. The van der Waals surface area contributed by atoms with Gasteiger partial charge in [-0.15, -0.1) is 0 Å². The van der Waals surface area contributed by atoms with E-state index in [-0.39, 0.29) is 11.8 Å². The Bertz CT molecular complexity index is 493. The Labute approximate surface area is 101 Å². The van der Waals surface area contributed by atoms with Gasteiger partial charge >= 0.3 is 0 Å². The lowest BCUT2D eigenvalue weighted by atomic mass is 10.1. The van der Waals surface area contributed by atoms with Gasteiger partial charge in [-0.3, -0.25) is 4.79 Å². The van der Waals surface area contributed by atoms with E-state index in [1.54, 1.807) is 0 Å². The molecule has 1 aliphatic carbocycles. The average molecular weight is 228 g/mol. The molecular formula is C14H16N2O. The molecule has 1 amide bonds. The number of aryl methyl sites for hydroxylation is 1. The number of nitrogens with one attached hydrogen (secondary N) is 1. The molecule has 0 radical (unpaired) electrons. The summed E-state index contributed by atoms with van der Waals surface area (Å²) in [6, 6.07) is 5.75. The Morgan fingerprint density at radius 3 is 2.88 bits per heavy atom. The molecule has 1 aromatic carbocycles. The number of hydrogen-bond acceptors (Lipinski definition) is 2. The molecule has 0 saturated heterocycles. The Hall–Kier alpha value is -1.79. The van der Waals surface area contributed by atoms with Gasteiger partial charge < -0.3 is 11.1 Å². The Morgan fingerprint density at radius 2 is 2.29 bits per heavy atom. The average Bonchev–Trinajstić information content (AvgIpc) is 3.11. The highest BCUT2D eigenvalue weighted by atomic mass is 16.2. The molecule has 1 fully saturated rings. The smallest absolute Gasteiger partial charge is 0.227 e. The third kappa shape index (κ3) is 3.08. The fraction of sp³-hybridized carbons (Fsp3) is 0.357. The Morgan fingerprint density at radius 1 is 1.53 bits per heavy atom. The van der Waals surface area contributed by atoms with E-state index in [4.69, 9.17) is 5.73 Å². The first kappa shape index (κ1) is 11.7. The van der Waals surface area contributed by atoms with E-state index in [1.807, 2.05) is 25.1 Å². The van der Waals surface area contributed by atoms with Gasteiger partial charge in [0.2, 0.25) is 5.91 Å². The van der Waals surface area contributed by atoms with Crippen LogP contribution in [0.4, 0.5) is 5.69 Å². The zero-order valence-electron chi connectivity index (χ0n) is 9.92. The van der Waals surface area contributed by atoms with Gasteiger partial charge in [-0.05, 0) is 43.5 Å². The second kappa shape index (κ2) is 5.03. The van der Waals surface area contributed by atoms with Crippen molar-refractivity contribution in [3.8, 4) is 11.8 Å². The summed E-state index contributed by atoms with van der Waals surface area (Å²) in [4.78, 5) is 11.6. The minimum Gasteiger partial charge on any atom is -0.326 e. The molecule has 88 valence electrons. The topological polar surface area (TPSA) is 55.1 Å². The van der Waals surface area contributed by atoms with Crippen LogP contribution in [-0.4, -0.2) is 12.5 Å². The van der Waals surface area contributed by atoms with Crippen LogP contribution in [0.2, 0.25) is 0 Å². The first-order valence-corrected chi connectivity index (χ1v) is 5.81. The maximum atomic E-state index is 11.6. The molecule has 0 bridgehead atoms. The largest absolute Gasteiger partial charge is 0.326 e. The number of carbonyl (C=O) groups excluding carboxylic acids is 1. The minimum absolute atomic E-state index is 0.130. The van der Waals surface area contributed by atoms with E-state index in [0.29, 0.717) is 6.54 Å². The molecule has 1 aliphatic rings. The molecule has 0 heterocycles. The van der Waals surface area contributed by atoms with Crippen molar-refractivity contribution in [1.82, 2.24) is 0 Å². The molecule has 3 N–H and O–H groups in total. The molecular weight excluding hydrogens is 212 g/mol. The number of hydrogen-bond donors (Lipinski definition) is 2. The van der Waals surface area contributed by atoms with Gasteiger partial charge in [-0.1, -0.05) is 11.8 Å². The van der Waals surface area contributed by atoms with Crippen LogP contribution in [0.3, 0.4) is 0 Å². The van der Waals surface area contributed by atoms with E-state index in [2.05, 4.69) is 17.2 Å². The molecule has 17 heavy (non-hydrogen) atoms. The van der Waals surface area contributed by atoms with Crippen LogP contribution in [-0.2, 0) is 4.79 Å². The quantitative estimate of drug-likeness (QED) is 0.756. The van der Waals surface area contributed by atoms with Crippen molar-refractivity contribution >= 4 is 11.6 Å². The second-order valence-corrected chi connectivity index (χ2v) is 4.30. The molecule has 1 saturated carbocycles. The molecule has 1 aromatic rings. The third-order valence-corrected chi connectivity index (χ3v) is 2.77. The summed E-state index contributed by atoms with van der Waals surface area (Å²) in [6.07, 6.45) is 2.04. The Balaban J connectivity index is 2.09. The fourth-order valence-electron chi connectivity index (χ4n) is 1.62. The van der Waals surface area contributed by atoms with Crippen LogP contribution in [0.1, 0.15) is 24.0 Å². The SMILES string of the molecule is Cc1cc(NC(=O)C2CC2)ccc1C#CCN. The van der Waals surface area contributed by atoms with Crippen molar-refractivity contribution in [1.29, 1.82) is 0 Å². The van der Waals surface area contributed by atoms with Gasteiger partial charge in [0.05, 0.1) is 6.54 Å². The van der Waals surface area contributed by atoms with Gasteiger partial charge in [0, 0.05) is 17.2 Å². The van der Waals surface area contributed by atoms with Gasteiger partial charge in [-0.2, -0.15) is 0 Å². The summed E-state index contributed by atoms with van der Waals surface area (Å²) in [5.41, 5.74) is 8.19. The molecule has 3 nitrogen and oxygen atoms in total. The van der Waals surface area contributed by atoms with Crippen molar-refractivity contribution in [3.05, 3.63) is 29.3 Å². The highest BCUT2D eigenvalue weighted by Crippen LogP contribution is 2.30. The first-order chi connectivity index (χ1) is 8.20. The summed E-state index contributed by atoms with van der Waals surface area (Å²) < 4.78 is 0. The third-order valence-electron chi connectivity index (χ3n) is 2.77. The number of rotatable bonds is 2. The summed E-state index contributed by atoms with van der Waals surface area (Å²) in [7, 11) is 0. The summed E-state index contributed by atoms with van der Waals surface area (Å²) in [6.45, 7) is 2.34. The normalized spacial score (nSPS) is 13.8. The number of anilines is 1. The number of amides is 1. The van der Waals surface area contributed by atoms with Crippen molar-refractivity contribution in [3.63, 3.8) is 0 Å². The predicted molar refractivity (Wildman–Crippen MR) is 68.5 cm³/mol. The van der Waals surface area contributed by atoms with E-state index in [0.717, 1.165) is 29.7 Å². The molecule has 0 aliphatic heterocycles.